The number of aryl methyl sites for hydroxylation is 3. The van der Waals surface area contributed by atoms with Crippen LogP contribution in [0.25, 0.3) is 0 Å². The van der Waals surface area contributed by atoms with Gasteiger partial charge in [0.25, 0.3) is 0 Å². The van der Waals surface area contributed by atoms with Gasteiger partial charge >= 0.3 is 5.97 Å². The summed E-state index contributed by atoms with van der Waals surface area (Å²) in [6.45, 7) is 4.22. The molecule has 0 atom stereocenters. The van der Waals surface area contributed by atoms with Crippen LogP contribution in [0.2, 0.25) is 0 Å². The summed E-state index contributed by atoms with van der Waals surface area (Å²) >= 11 is 0. The van der Waals surface area contributed by atoms with Gasteiger partial charge in [0.2, 0.25) is 0 Å². The molecule has 146 valence electrons. The van der Waals surface area contributed by atoms with E-state index in [0.717, 1.165) is 37.7 Å². The van der Waals surface area contributed by atoms with E-state index in [1.165, 1.54) is 36.5 Å². The molecule has 0 heterocycles. The molecule has 2 nitrogen and oxygen atoms in total. The zero-order chi connectivity index (χ0) is 19.5. The van der Waals surface area contributed by atoms with Gasteiger partial charge in [-0.25, -0.2) is 4.39 Å². The number of hydrogen-bond donors (Lipinski definition) is 0. The Morgan fingerprint density at radius 3 is 2.04 bits per heavy atom. The summed E-state index contributed by atoms with van der Waals surface area (Å²) in [6.07, 6.45) is 8.52. The minimum atomic E-state index is -0.469. The lowest BCUT2D eigenvalue weighted by molar-refractivity contribution is -0.134. The summed E-state index contributed by atoms with van der Waals surface area (Å²) in [5.74, 6) is -0.817. The topological polar surface area (TPSA) is 26.3 Å². The van der Waals surface area contributed by atoms with E-state index in [1.54, 1.807) is 6.07 Å². The molecule has 0 amide bonds. The number of hydrogen-bond acceptors (Lipinski definition) is 2. The highest BCUT2D eigenvalue weighted by Crippen LogP contribution is 2.20. The van der Waals surface area contributed by atoms with E-state index in [0.29, 0.717) is 6.42 Å². The third-order valence-electron chi connectivity index (χ3n) is 4.75. The fraction of sp³-hybridized carbons (Fsp3) is 0.458. The second kappa shape index (κ2) is 11.5. The van der Waals surface area contributed by atoms with Crippen molar-refractivity contribution in [2.75, 3.05) is 0 Å². The van der Waals surface area contributed by atoms with Crippen LogP contribution in [0.3, 0.4) is 0 Å². The Balaban J connectivity index is 1.85. The van der Waals surface area contributed by atoms with Crippen LogP contribution in [-0.4, -0.2) is 5.97 Å². The zero-order valence-corrected chi connectivity index (χ0v) is 16.6. The minimum Gasteiger partial charge on any atom is -0.423 e. The summed E-state index contributed by atoms with van der Waals surface area (Å²) < 4.78 is 19.3. The van der Waals surface area contributed by atoms with Gasteiger partial charge in [0, 0.05) is 6.42 Å². The van der Waals surface area contributed by atoms with Crippen LogP contribution in [0.5, 0.6) is 5.75 Å². The Labute approximate surface area is 162 Å². The van der Waals surface area contributed by atoms with Crippen LogP contribution in [-0.2, 0) is 24.1 Å². The van der Waals surface area contributed by atoms with Crippen molar-refractivity contribution in [2.24, 2.45) is 0 Å². The van der Waals surface area contributed by atoms with Crippen LogP contribution >= 0.6 is 0 Å². The van der Waals surface area contributed by atoms with E-state index in [2.05, 4.69) is 31.2 Å². The molecule has 3 heteroatoms. The first-order valence-corrected chi connectivity index (χ1v) is 10.2. The van der Waals surface area contributed by atoms with E-state index in [9.17, 15) is 9.18 Å². The van der Waals surface area contributed by atoms with Gasteiger partial charge in [-0.3, -0.25) is 4.79 Å². The molecule has 0 N–H and O–H groups in total. The maximum atomic E-state index is 14.2. The second-order valence-electron chi connectivity index (χ2n) is 7.12. The molecular weight excluding hydrogens is 339 g/mol. The van der Waals surface area contributed by atoms with E-state index in [4.69, 9.17) is 4.74 Å². The molecule has 0 unspecified atom stereocenters. The van der Waals surface area contributed by atoms with E-state index in [1.807, 2.05) is 13.0 Å². The average Bonchev–Trinajstić information content (AvgIpc) is 2.68. The number of halogens is 1. The first-order valence-electron chi connectivity index (χ1n) is 10.2. The fourth-order valence-corrected chi connectivity index (χ4v) is 3.02. The molecule has 0 aliphatic carbocycles. The third-order valence-corrected chi connectivity index (χ3v) is 4.75. The van der Waals surface area contributed by atoms with Crippen LogP contribution in [0.1, 0.15) is 69.1 Å². The van der Waals surface area contributed by atoms with Crippen LogP contribution in [0.15, 0.2) is 42.5 Å². The van der Waals surface area contributed by atoms with Gasteiger partial charge in [0.05, 0.1) is 0 Å². The molecule has 0 aromatic heterocycles. The zero-order valence-electron chi connectivity index (χ0n) is 16.6. The molecule has 0 radical (unpaired) electrons. The SMILES string of the molecule is CCCCCc1ccc(CCc2ccc(OC(=O)CCCC)c(F)c2)cc1. The highest BCUT2D eigenvalue weighted by atomic mass is 19.1. The second-order valence-corrected chi connectivity index (χ2v) is 7.12. The fourth-order valence-electron chi connectivity index (χ4n) is 3.02. The maximum Gasteiger partial charge on any atom is 0.311 e. The van der Waals surface area contributed by atoms with Gasteiger partial charge in [-0.2, -0.15) is 0 Å². The maximum absolute atomic E-state index is 14.2. The van der Waals surface area contributed by atoms with Crippen LogP contribution in [0.4, 0.5) is 4.39 Å². The van der Waals surface area contributed by atoms with Gasteiger partial charge < -0.3 is 4.74 Å². The number of carbonyl (C=O) groups excluding carboxylic acids is 1. The Hall–Kier alpha value is -2.16. The summed E-state index contributed by atoms with van der Waals surface area (Å²) in [5, 5.41) is 0. The number of unbranched alkanes of at least 4 members (excludes halogenated alkanes) is 3. The molecule has 0 aliphatic rings. The molecule has 0 spiro atoms. The van der Waals surface area contributed by atoms with Gasteiger partial charge in [0.1, 0.15) is 0 Å². The smallest absolute Gasteiger partial charge is 0.311 e. The Bertz CT molecular complexity index is 707. The Morgan fingerprint density at radius 1 is 0.815 bits per heavy atom. The molecule has 0 bridgehead atoms. The number of rotatable bonds is 11. The van der Waals surface area contributed by atoms with Crippen LogP contribution < -0.4 is 4.74 Å². The molecule has 0 saturated heterocycles. The van der Waals surface area contributed by atoms with Gasteiger partial charge in [0.15, 0.2) is 11.6 Å². The molecule has 2 aromatic carbocycles. The summed E-state index contributed by atoms with van der Waals surface area (Å²) in [4.78, 5) is 11.6. The van der Waals surface area contributed by atoms with Crippen molar-refractivity contribution in [3.8, 4) is 5.75 Å². The largest absolute Gasteiger partial charge is 0.423 e. The quantitative estimate of drug-likeness (QED) is 0.258. The monoisotopic (exact) mass is 370 g/mol. The highest BCUT2D eigenvalue weighted by molar-refractivity contribution is 5.72. The molecule has 0 aliphatic heterocycles. The summed E-state index contributed by atoms with van der Waals surface area (Å²) in [5.41, 5.74) is 3.55. The van der Waals surface area contributed by atoms with Crippen LogP contribution in [0, 0.1) is 5.82 Å². The number of esters is 1. The lowest BCUT2D eigenvalue weighted by Gasteiger charge is -2.08. The van der Waals surface area contributed by atoms with Crippen molar-refractivity contribution < 1.29 is 13.9 Å². The summed E-state index contributed by atoms with van der Waals surface area (Å²) in [6, 6.07) is 13.6. The summed E-state index contributed by atoms with van der Waals surface area (Å²) in [7, 11) is 0. The predicted octanol–water partition coefficient (Wildman–Crippen LogP) is 6.44. The van der Waals surface area contributed by atoms with E-state index < -0.39 is 5.82 Å². The lowest BCUT2D eigenvalue weighted by atomic mass is 10.0. The van der Waals surface area contributed by atoms with Crippen molar-refractivity contribution >= 4 is 5.97 Å². The first kappa shape index (κ1) is 21.1. The molecular formula is C24H31FO2. The normalized spacial score (nSPS) is 10.8. The van der Waals surface area contributed by atoms with E-state index >= 15 is 0 Å². The minimum absolute atomic E-state index is 0.0243. The number of carbonyl (C=O) groups is 1. The predicted molar refractivity (Wildman–Crippen MR) is 109 cm³/mol. The van der Waals surface area contributed by atoms with Crippen molar-refractivity contribution in [2.45, 2.75) is 71.6 Å². The molecule has 2 aromatic rings. The van der Waals surface area contributed by atoms with Gasteiger partial charge in [-0.05, 0) is 60.9 Å². The molecule has 2 rings (SSSR count). The van der Waals surface area contributed by atoms with E-state index in [-0.39, 0.29) is 11.7 Å². The van der Waals surface area contributed by atoms with Crippen molar-refractivity contribution in [3.05, 3.63) is 65.0 Å². The van der Waals surface area contributed by atoms with Crippen molar-refractivity contribution in [1.82, 2.24) is 0 Å². The molecule has 27 heavy (non-hydrogen) atoms. The van der Waals surface area contributed by atoms with Gasteiger partial charge in [-0.1, -0.05) is 63.4 Å². The molecule has 0 fully saturated rings. The Morgan fingerprint density at radius 2 is 1.41 bits per heavy atom. The third kappa shape index (κ3) is 7.54. The lowest BCUT2D eigenvalue weighted by Crippen LogP contribution is -2.08. The van der Waals surface area contributed by atoms with Crippen molar-refractivity contribution in [1.29, 1.82) is 0 Å². The number of ether oxygens (including phenoxy) is 1. The average molecular weight is 371 g/mol. The first-order chi connectivity index (χ1) is 13.1. The Kier molecular flexibility index (Phi) is 9.03. The highest BCUT2D eigenvalue weighted by Gasteiger charge is 2.10. The van der Waals surface area contributed by atoms with Crippen molar-refractivity contribution in [3.63, 3.8) is 0 Å². The number of benzene rings is 2. The standard InChI is InChI=1S/C24H31FO2/c1-3-5-7-8-19-10-12-20(13-11-19)14-15-21-16-17-23(22(25)18-21)27-24(26)9-6-4-2/h10-13,16-18H,3-9,14-15H2,1-2H3. The molecule has 0 saturated carbocycles. The van der Waals surface area contributed by atoms with Gasteiger partial charge in [-0.15, -0.1) is 0 Å².